The quantitative estimate of drug-likeness (QED) is 0.0489. The third kappa shape index (κ3) is 14.1. The Labute approximate surface area is 335 Å². The van der Waals surface area contributed by atoms with Crippen LogP contribution in [0.1, 0.15) is 66.2 Å². The number of hydrogen-bond donors (Lipinski definition) is 11. The second-order valence-electron chi connectivity index (χ2n) is 14.7. The minimum absolute atomic E-state index is 0.0208. The van der Waals surface area contributed by atoms with Gasteiger partial charge in [0, 0.05) is 13.1 Å². The number of hydrogen-bond acceptors (Lipinski definition) is 14. The summed E-state index contributed by atoms with van der Waals surface area (Å²) in [6, 6.07) is -10.8. The van der Waals surface area contributed by atoms with Gasteiger partial charge in [-0.05, 0) is 70.3 Å². The number of aliphatic carboxylic acids is 1. The number of aliphatic hydroxyl groups is 4. The van der Waals surface area contributed by atoms with Gasteiger partial charge in [-0.1, -0.05) is 13.8 Å². The number of nitrogens with one attached hydrogen (secondary N) is 5. The van der Waals surface area contributed by atoms with Crippen molar-refractivity contribution in [2.45, 2.75) is 127 Å². The third-order valence-corrected chi connectivity index (χ3v) is 10.3. The molecule has 21 nitrogen and oxygen atoms in total. The zero-order valence-corrected chi connectivity index (χ0v) is 33.8. The van der Waals surface area contributed by atoms with Crippen molar-refractivity contribution in [3.8, 4) is 0 Å². The van der Waals surface area contributed by atoms with Crippen LogP contribution in [0, 0.1) is 5.92 Å². The zero-order chi connectivity index (χ0) is 43.1. The molecule has 2 saturated heterocycles. The summed E-state index contributed by atoms with van der Waals surface area (Å²) in [5, 5.41) is 61.0. The first-order valence-electron chi connectivity index (χ1n) is 19.0. The molecule has 0 unspecified atom stereocenters. The van der Waals surface area contributed by atoms with E-state index in [2.05, 4.69) is 21.3 Å². The highest BCUT2D eigenvalue weighted by Crippen LogP contribution is 2.22. The van der Waals surface area contributed by atoms with Crippen molar-refractivity contribution in [2.75, 3.05) is 38.3 Å². The van der Waals surface area contributed by atoms with Crippen LogP contribution < -0.4 is 32.3 Å². The molecule has 0 aliphatic carbocycles. The molecule has 0 aromatic heterocycles. The fourth-order valence-electron chi connectivity index (χ4n) is 6.52. The Bertz CT molecular complexity index is 1440. The summed E-state index contributed by atoms with van der Waals surface area (Å²) in [5.74, 6) is -6.82. The lowest BCUT2D eigenvalue weighted by atomic mass is 10.0. The van der Waals surface area contributed by atoms with Gasteiger partial charge < -0.3 is 67.7 Å². The van der Waals surface area contributed by atoms with E-state index < -0.39 is 121 Å². The average molecular weight is 833 g/mol. The molecular formula is C35H60N8O13S. The molecule has 324 valence electrons. The highest BCUT2D eigenvalue weighted by Gasteiger charge is 2.43. The van der Waals surface area contributed by atoms with E-state index in [4.69, 9.17) is 10.8 Å². The van der Waals surface area contributed by atoms with E-state index in [1.54, 1.807) is 13.8 Å². The monoisotopic (exact) mass is 832 g/mol. The first-order valence-corrected chi connectivity index (χ1v) is 20.4. The van der Waals surface area contributed by atoms with Crippen molar-refractivity contribution in [1.29, 1.82) is 0 Å². The first kappa shape index (κ1) is 49.1. The molecule has 57 heavy (non-hydrogen) atoms. The van der Waals surface area contributed by atoms with E-state index in [1.165, 1.54) is 30.5 Å². The Balaban J connectivity index is 2.21. The number of aliphatic hydroxyl groups excluding tert-OH is 4. The molecule has 0 bridgehead atoms. The van der Waals surface area contributed by atoms with Gasteiger partial charge in [-0.25, -0.2) is 4.79 Å². The second-order valence-corrected chi connectivity index (χ2v) is 15.7. The number of amides is 7. The Morgan fingerprint density at radius 3 is 1.53 bits per heavy atom. The molecular weight excluding hydrogens is 772 g/mol. The lowest BCUT2D eigenvalue weighted by molar-refractivity contribution is -0.146. The van der Waals surface area contributed by atoms with Gasteiger partial charge >= 0.3 is 5.97 Å². The molecule has 2 aliphatic rings. The van der Waals surface area contributed by atoms with Crippen molar-refractivity contribution in [3.05, 3.63) is 0 Å². The summed E-state index contributed by atoms with van der Waals surface area (Å²) >= 11 is 1.49. The van der Waals surface area contributed by atoms with Gasteiger partial charge in [0.2, 0.25) is 41.4 Å². The van der Waals surface area contributed by atoms with Crippen LogP contribution in [0.5, 0.6) is 0 Å². The largest absolute Gasteiger partial charge is 0.480 e. The number of rotatable bonds is 22. The van der Waals surface area contributed by atoms with Crippen molar-refractivity contribution in [1.82, 2.24) is 36.4 Å². The highest BCUT2D eigenvalue weighted by atomic mass is 32.2. The van der Waals surface area contributed by atoms with Crippen LogP contribution in [0.15, 0.2) is 0 Å². The van der Waals surface area contributed by atoms with Gasteiger partial charge in [0.15, 0.2) is 0 Å². The zero-order valence-electron chi connectivity index (χ0n) is 33.0. The predicted molar refractivity (Wildman–Crippen MR) is 205 cm³/mol. The van der Waals surface area contributed by atoms with Crippen molar-refractivity contribution in [3.63, 3.8) is 0 Å². The SMILES string of the molecule is CSCC[C@H](N)C(=O)N[C@H](C(=O)N1CCC[C@H]1C(=O)N[C@@H](CC(C)C)C(=O)N[C@H](C(=O)N1CCC[C@H]1C(=O)N[C@@H](CO)C(=O)N[C@@H](CO)C(=O)O)[C@@H](C)O)[C@@H](C)O. The maximum atomic E-state index is 13.8. The molecule has 0 saturated carbocycles. The number of thioether (sulfide) groups is 1. The molecule has 7 amide bonds. The molecule has 0 aromatic rings. The fourth-order valence-corrected chi connectivity index (χ4v) is 7.01. The van der Waals surface area contributed by atoms with Crippen LogP contribution >= 0.6 is 11.8 Å². The van der Waals surface area contributed by atoms with Crippen LogP contribution in [0.3, 0.4) is 0 Å². The lowest BCUT2D eigenvalue weighted by Crippen LogP contribution is -2.62. The predicted octanol–water partition coefficient (Wildman–Crippen LogP) is -4.65. The average Bonchev–Trinajstić information content (AvgIpc) is 3.85. The first-order chi connectivity index (χ1) is 26.8. The van der Waals surface area contributed by atoms with E-state index in [-0.39, 0.29) is 38.3 Å². The van der Waals surface area contributed by atoms with Crippen molar-refractivity contribution in [2.24, 2.45) is 11.7 Å². The number of carbonyl (C=O) groups excluding carboxylic acids is 7. The van der Waals surface area contributed by atoms with E-state index in [0.717, 1.165) is 4.90 Å². The van der Waals surface area contributed by atoms with E-state index >= 15 is 0 Å². The molecule has 0 aromatic carbocycles. The van der Waals surface area contributed by atoms with Crippen molar-refractivity contribution >= 4 is 59.1 Å². The van der Waals surface area contributed by atoms with E-state index in [1.807, 2.05) is 11.6 Å². The lowest BCUT2D eigenvalue weighted by Gasteiger charge is -2.33. The van der Waals surface area contributed by atoms with Crippen LogP contribution in [0.25, 0.3) is 0 Å². The summed E-state index contributed by atoms with van der Waals surface area (Å²) in [6.45, 7) is 4.40. The summed E-state index contributed by atoms with van der Waals surface area (Å²) in [5.41, 5.74) is 5.95. The summed E-state index contributed by atoms with van der Waals surface area (Å²) in [4.78, 5) is 107. The molecule has 2 rings (SSSR count). The Morgan fingerprint density at radius 1 is 0.684 bits per heavy atom. The third-order valence-electron chi connectivity index (χ3n) is 9.69. The molecule has 12 N–H and O–H groups in total. The number of carboxylic acids is 1. The van der Waals surface area contributed by atoms with Crippen LogP contribution in [-0.2, 0) is 38.4 Å². The van der Waals surface area contributed by atoms with Crippen molar-refractivity contribution < 1.29 is 63.9 Å². The summed E-state index contributed by atoms with van der Waals surface area (Å²) < 4.78 is 0. The highest BCUT2D eigenvalue weighted by molar-refractivity contribution is 7.98. The Morgan fingerprint density at radius 2 is 1.12 bits per heavy atom. The normalized spacial score (nSPS) is 21.0. The molecule has 10 atom stereocenters. The van der Waals surface area contributed by atoms with Gasteiger partial charge in [-0.2, -0.15) is 11.8 Å². The fraction of sp³-hybridized carbons (Fsp3) is 0.771. The van der Waals surface area contributed by atoms with Crippen LogP contribution in [0.2, 0.25) is 0 Å². The van der Waals surface area contributed by atoms with E-state index in [9.17, 15) is 58.8 Å². The van der Waals surface area contributed by atoms with Gasteiger partial charge in [-0.15, -0.1) is 0 Å². The minimum atomic E-state index is -1.70. The molecule has 2 heterocycles. The summed E-state index contributed by atoms with van der Waals surface area (Å²) in [7, 11) is 0. The standard InChI is InChI=1S/C35H60N8O13S/c1-17(2)14-21(37-31(51)24-8-6-11-42(24)33(53)26(18(3)46)40-28(48)20(36)10-13-57-5)29(49)41-27(19(4)47)34(54)43-12-7-9-25(43)32(52)38-22(15-44)30(50)39-23(16-45)35(55)56/h17-27,44-47H,6-16,36H2,1-5H3,(H,37,51)(H,38,52)(H,39,50)(H,40,48)(H,41,49)(H,55,56)/t18-,19-,20+,21+,22+,23+,24+,25+,26+,27+/m1/s1. The Kier molecular flexibility index (Phi) is 20.1. The Hall–Kier alpha value is -4.09. The number of carbonyl (C=O) groups is 8. The molecule has 2 fully saturated rings. The van der Waals surface area contributed by atoms with Gasteiger partial charge in [-0.3, -0.25) is 33.6 Å². The molecule has 22 heteroatoms. The maximum Gasteiger partial charge on any atom is 0.328 e. The number of nitrogens with zero attached hydrogens (tertiary/aromatic N) is 2. The number of carboxylic acid groups (broad SMARTS) is 1. The van der Waals surface area contributed by atoms with Gasteiger partial charge in [0.05, 0.1) is 31.5 Å². The van der Waals surface area contributed by atoms with Gasteiger partial charge in [0.25, 0.3) is 0 Å². The smallest absolute Gasteiger partial charge is 0.328 e. The van der Waals surface area contributed by atoms with Crippen LogP contribution in [-0.4, -0.2) is 182 Å². The topological polar surface area (TPSA) is 330 Å². The summed E-state index contributed by atoms with van der Waals surface area (Å²) in [6.07, 6.45) is 0.515. The molecule has 0 radical (unpaired) electrons. The van der Waals surface area contributed by atoms with Crippen LogP contribution in [0.4, 0.5) is 0 Å². The van der Waals surface area contributed by atoms with Gasteiger partial charge in [0.1, 0.15) is 42.3 Å². The minimum Gasteiger partial charge on any atom is -0.480 e. The second kappa shape index (κ2) is 23.3. The number of nitrogens with two attached hydrogens (primary N) is 1. The molecule has 0 spiro atoms. The maximum absolute atomic E-state index is 13.8. The molecule has 2 aliphatic heterocycles. The van der Waals surface area contributed by atoms with E-state index in [0.29, 0.717) is 25.0 Å². The number of likely N-dealkylation sites (tertiary alicyclic amines) is 2.